The molecule has 10 heavy (non-hydrogen) atoms. The van der Waals surface area contributed by atoms with Gasteiger partial charge in [0.2, 0.25) is 5.95 Å². The van der Waals surface area contributed by atoms with Gasteiger partial charge in [0.1, 0.15) is 0 Å². The lowest BCUT2D eigenvalue weighted by atomic mass is 9.78. The number of nitrogens with two attached hydrogens (primary N) is 1. The minimum Gasteiger partial charge on any atom is -0.395 e. The highest BCUT2D eigenvalue weighted by molar-refractivity contribution is 6.50. The second-order valence-electron chi connectivity index (χ2n) is 2.04. The highest BCUT2D eigenvalue weighted by Crippen LogP contribution is 2.01. The fourth-order valence-electron chi connectivity index (χ4n) is 0.680. The molecule has 2 nitrogen and oxygen atoms in total. The Morgan fingerprint density at radius 2 is 2.30 bits per heavy atom. The minimum atomic E-state index is -0.570. The maximum Gasteiger partial charge on any atom is 0.235 e. The van der Waals surface area contributed by atoms with Gasteiger partial charge in [0.15, 0.2) is 7.28 Å². The highest BCUT2D eigenvalue weighted by Gasteiger charge is 1.98. The van der Waals surface area contributed by atoms with Gasteiger partial charge >= 0.3 is 0 Å². The molecule has 1 rings (SSSR count). The van der Waals surface area contributed by atoms with E-state index in [4.69, 9.17) is 5.73 Å². The van der Waals surface area contributed by atoms with Crippen LogP contribution >= 0.6 is 0 Å². The summed E-state index contributed by atoms with van der Waals surface area (Å²) in [6.07, 6.45) is 0. The van der Waals surface area contributed by atoms with Crippen LogP contribution in [0.15, 0.2) is 12.1 Å². The molecule has 1 aromatic rings. The first-order valence-corrected chi connectivity index (χ1v) is 3.15. The number of hydrogen-bond acceptors (Lipinski definition) is 2. The van der Waals surface area contributed by atoms with Crippen LogP contribution in [0.5, 0.6) is 0 Å². The SMILES string of the molecule is CBc1ccc(N)c(F)n1. The minimum absolute atomic E-state index is 0.109. The molecule has 0 bridgehead atoms. The number of halogens is 1. The van der Waals surface area contributed by atoms with E-state index in [2.05, 4.69) is 4.98 Å². The smallest absolute Gasteiger partial charge is 0.235 e. The fourth-order valence-corrected chi connectivity index (χ4v) is 0.680. The molecule has 1 aromatic heterocycles. The molecule has 0 saturated carbocycles. The number of pyridine rings is 1. The van der Waals surface area contributed by atoms with Crippen molar-refractivity contribution in [1.82, 2.24) is 4.98 Å². The van der Waals surface area contributed by atoms with Gasteiger partial charge in [0.05, 0.1) is 5.69 Å². The molecule has 0 radical (unpaired) electrons. The van der Waals surface area contributed by atoms with Crippen LogP contribution in [-0.4, -0.2) is 12.3 Å². The molecule has 0 aliphatic carbocycles. The van der Waals surface area contributed by atoms with Gasteiger partial charge in [-0.3, -0.25) is 0 Å². The Labute approximate surface area is 59.5 Å². The van der Waals surface area contributed by atoms with E-state index in [1.54, 1.807) is 6.07 Å². The van der Waals surface area contributed by atoms with Crippen LogP contribution in [0.1, 0.15) is 0 Å². The summed E-state index contributed by atoms with van der Waals surface area (Å²) in [7, 11) is 0.733. The standard InChI is InChI=1S/C6H8BFN2/c1-7-5-3-2-4(9)6(8)10-5/h2-3,7H,9H2,1H3. The van der Waals surface area contributed by atoms with Crippen molar-refractivity contribution in [2.24, 2.45) is 0 Å². The lowest BCUT2D eigenvalue weighted by Gasteiger charge is -1.96. The maximum absolute atomic E-state index is 12.5. The van der Waals surface area contributed by atoms with Crippen molar-refractivity contribution in [3.8, 4) is 0 Å². The average Bonchev–Trinajstić information content (AvgIpc) is 1.95. The number of rotatable bonds is 1. The third-order valence-corrected chi connectivity index (χ3v) is 1.30. The predicted octanol–water partition coefficient (Wildman–Crippen LogP) is -0.0872. The molecular formula is C6H8BFN2. The molecule has 1 heterocycles. The van der Waals surface area contributed by atoms with Gasteiger partial charge in [0.25, 0.3) is 0 Å². The Bertz CT molecular complexity index is 239. The molecule has 52 valence electrons. The van der Waals surface area contributed by atoms with Gasteiger partial charge in [-0.05, 0) is 12.1 Å². The quantitative estimate of drug-likeness (QED) is 0.435. The summed E-state index contributed by atoms with van der Waals surface area (Å²) in [5, 5.41) is 0. The van der Waals surface area contributed by atoms with Gasteiger partial charge < -0.3 is 5.73 Å². The summed E-state index contributed by atoms with van der Waals surface area (Å²) < 4.78 is 12.5. The van der Waals surface area contributed by atoms with Crippen LogP contribution < -0.4 is 11.3 Å². The van der Waals surface area contributed by atoms with Crippen LogP contribution in [0.2, 0.25) is 6.82 Å². The first-order valence-electron chi connectivity index (χ1n) is 3.15. The average molecular weight is 138 g/mol. The van der Waals surface area contributed by atoms with Crippen LogP contribution in [-0.2, 0) is 0 Å². The van der Waals surface area contributed by atoms with Gasteiger partial charge in [-0.2, -0.15) is 4.39 Å². The third kappa shape index (κ3) is 1.26. The Hall–Kier alpha value is -1.06. The molecule has 0 saturated heterocycles. The summed E-state index contributed by atoms with van der Waals surface area (Å²) in [5.41, 5.74) is 6.04. The Kier molecular flexibility index (Phi) is 1.90. The van der Waals surface area contributed by atoms with E-state index >= 15 is 0 Å². The number of hydrogen-bond donors (Lipinski definition) is 1. The van der Waals surface area contributed by atoms with E-state index in [0.29, 0.717) is 0 Å². The van der Waals surface area contributed by atoms with Crippen LogP contribution in [0, 0.1) is 5.95 Å². The fraction of sp³-hybridized carbons (Fsp3) is 0.167. The van der Waals surface area contributed by atoms with E-state index in [1.165, 1.54) is 6.07 Å². The first-order chi connectivity index (χ1) is 4.74. The second-order valence-corrected chi connectivity index (χ2v) is 2.04. The zero-order valence-electron chi connectivity index (χ0n) is 5.76. The second kappa shape index (κ2) is 2.69. The molecule has 0 atom stereocenters. The van der Waals surface area contributed by atoms with Crippen molar-refractivity contribution in [2.45, 2.75) is 6.82 Å². The lowest BCUT2D eigenvalue weighted by Crippen LogP contribution is -2.17. The summed E-state index contributed by atoms with van der Waals surface area (Å²) in [6.45, 7) is 1.91. The Morgan fingerprint density at radius 3 is 2.80 bits per heavy atom. The van der Waals surface area contributed by atoms with Crippen molar-refractivity contribution in [3.63, 3.8) is 0 Å². The maximum atomic E-state index is 12.5. The predicted molar refractivity (Wildman–Crippen MR) is 41.3 cm³/mol. The van der Waals surface area contributed by atoms with Crippen LogP contribution in [0.25, 0.3) is 0 Å². The van der Waals surface area contributed by atoms with Gasteiger partial charge in [0, 0.05) is 5.59 Å². The van der Waals surface area contributed by atoms with Crippen LogP contribution in [0.3, 0.4) is 0 Å². The summed E-state index contributed by atoms with van der Waals surface area (Å²) in [6, 6.07) is 3.25. The van der Waals surface area contributed by atoms with E-state index in [0.717, 1.165) is 12.9 Å². The van der Waals surface area contributed by atoms with E-state index in [1.807, 2.05) is 6.82 Å². The van der Waals surface area contributed by atoms with Crippen molar-refractivity contribution >= 4 is 18.6 Å². The lowest BCUT2D eigenvalue weighted by molar-refractivity contribution is 0.592. The number of aromatic nitrogens is 1. The zero-order chi connectivity index (χ0) is 7.56. The van der Waals surface area contributed by atoms with E-state index in [-0.39, 0.29) is 5.69 Å². The molecule has 0 amide bonds. The van der Waals surface area contributed by atoms with Crippen molar-refractivity contribution in [3.05, 3.63) is 18.1 Å². The van der Waals surface area contributed by atoms with Crippen molar-refractivity contribution < 1.29 is 4.39 Å². The first kappa shape index (κ1) is 7.06. The monoisotopic (exact) mass is 138 g/mol. The van der Waals surface area contributed by atoms with Crippen LogP contribution in [0.4, 0.5) is 10.1 Å². The summed E-state index contributed by atoms with van der Waals surface area (Å²) in [4.78, 5) is 3.60. The zero-order valence-corrected chi connectivity index (χ0v) is 5.76. The molecular weight excluding hydrogens is 130 g/mol. The van der Waals surface area contributed by atoms with Gasteiger partial charge in [-0.25, -0.2) is 4.98 Å². The van der Waals surface area contributed by atoms with Crippen molar-refractivity contribution in [2.75, 3.05) is 5.73 Å². The van der Waals surface area contributed by atoms with E-state index in [9.17, 15) is 4.39 Å². The normalized spacial score (nSPS) is 9.40. The molecule has 0 aliphatic rings. The number of nitrogen functional groups attached to an aromatic ring is 1. The molecule has 0 spiro atoms. The van der Waals surface area contributed by atoms with E-state index < -0.39 is 5.95 Å². The summed E-state index contributed by atoms with van der Waals surface area (Å²) in [5.74, 6) is -0.570. The molecule has 2 N–H and O–H groups in total. The highest BCUT2D eigenvalue weighted by atomic mass is 19.1. The van der Waals surface area contributed by atoms with Crippen molar-refractivity contribution in [1.29, 1.82) is 0 Å². The Morgan fingerprint density at radius 1 is 1.60 bits per heavy atom. The molecule has 0 fully saturated rings. The van der Waals surface area contributed by atoms with Gasteiger partial charge in [-0.1, -0.05) is 6.82 Å². The third-order valence-electron chi connectivity index (χ3n) is 1.30. The summed E-state index contributed by atoms with van der Waals surface area (Å²) >= 11 is 0. The molecule has 0 aliphatic heterocycles. The Balaban J connectivity index is 3.04. The largest absolute Gasteiger partial charge is 0.395 e. The number of nitrogens with zero attached hydrogens (tertiary/aromatic N) is 1. The topological polar surface area (TPSA) is 38.9 Å². The van der Waals surface area contributed by atoms with Gasteiger partial charge in [-0.15, -0.1) is 0 Å². The molecule has 0 unspecified atom stereocenters. The molecule has 4 heteroatoms. The molecule has 0 aromatic carbocycles. The number of anilines is 1.